The summed E-state index contributed by atoms with van der Waals surface area (Å²) in [6, 6.07) is 0. The standard InChI is InChI=1S/C19H28O3.2C18H26O3.C17H24O3/c1-7-12(2)8-10-19(6,22)11-9-16-15(5)17(20)13(3)14(4)18(16)21;1-6-12(2)7-9-18(5,21)10-8-15-11-16(19)13(3)14(4)17(15)20;1-6-12(2)7-9-18(5,21)10-8-15-14(4)17(20)13(3)11-16(15)19;1-5-12(2)6-8-17(4,20)9-7-14-11-15(18)10-13(3)16(14)19/h8,22H,7,9-11H2,1-6H3;2*7,11,21H,6,8-10H2,1-5H3;6,10-11,20H,5,7-9H2,1-4H3/b12-8+;2*12-7+;12-6+. The molecular weight excluding hydrogens is 1060 g/mol. The SMILES string of the molecule is CC/C(C)=C/CC(C)(O)CCC1=C(C)C(=O)C(C)=C(C)C1=O.CC/C(C)=C/CC(C)(O)CCC1=C(C)C(=O)C(C)=CC1=O.CC/C(C)=C/CC(C)(O)CCC1=CC(=O)C(C)=C(C)C1=O.CC/C(C)=C/CC(C)(O)CCC1=CC(=O)C=C(C)C1=O. The smallest absolute Gasteiger partial charge is 0.185 e. The van der Waals surface area contributed by atoms with Crippen LogP contribution in [-0.4, -0.2) is 89.1 Å². The Morgan fingerprint density at radius 2 is 0.679 bits per heavy atom. The van der Waals surface area contributed by atoms with Crippen LogP contribution in [0.2, 0.25) is 0 Å². The minimum absolute atomic E-state index is 0.0477. The van der Waals surface area contributed by atoms with Crippen molar-refractivity contribution in [3.8, 4) is 0 Å². The van der Waals surface area contributed by atoms with E-state index >= 15 is 0 Å². The molecule has 12 nitrogen and oxygen atoms in total. The van der Waals surface area contributed by atoms with Gasteiger partial charge in [0, 0.05) is 66.9 Å². The normalized spacial score (nSPS) is 19.7. The third-order valence-corrected chi connectivity index (χ3v) is 16.8. The number of Topliss-reactive ketones (excluding diaryl/α,β-unsaturated/α-hetero) is 5. The zero-order valence-corrected chi connectivity index (χ0v) is 55.0. The zero-order chi connectivity index (χ0) is 64.8. The molecule has 0 amide bonds. The highest BCUT2D eigenvalue weighted by Crippen LogP contribution is 2.32. The van der Waals surface area contributed by atoms with Crippen LogP contribution in [0.5, 0.6) is 0 Å². The first kappa shape index (κ1) is 76.1. The van der Waals surface area contributed by atoms with Crippen LogP contribution >= 0.6 is 0 Å². The monoisotopic (exact) mass is 1160 g/mol. The van der Waals surface area contributed by atoms with Crippen LogP contribution < -0.4 is 0 Å². The van der Waals surface area contributed by atoms with E-state index in [4.69, 9.17) is 0 Å². The molecule has 0 aromatic carbocycles. The molecule has 0 aromatic heterocycles. The van der Waals surface area contributed by atoms with E-state index in [1.165, 1.54) is 46.6 Å². The van der Waals surface area contributed by atoms with Gasteiger partial charge in [-0.1, -0.05) is 74.3 Å². The predicted octanol–water partition coefficient (Wildman–Crippen LogP) is 14.7. The van der Waals surface area contributed by atoms with Gasteiger partial charge in [0.05, 0.1) is 22.4 Å². The van der Waals surface area contributed by atoms with E-state index < -0.39 is 22.4 Å². The molecule has 0 aliphatic heterocycles. The Hall–Kier alpha value is -5.92. The summed E-state index contributed by atoms with van der Waals surface area (Å²) in [5, 5.41) is 41.6. The fourth-order valence-corrected chi connectivity index (χ4v) is 9.00. The molecule has 84 heavy (non-hydrogen) atoms. The maximum atomic E-state index is 12.4. The Morgan fingerprint density at radius 1 is 0.357 bits per heavy atom. The molecule has 4 N–H and O–H groups in total. The minimum Gasteiger partial charge on any atom is -0.390 e. The number of carbonyl (C=O) groups excluding carboxylic acids is 8. The molecule has 4 aliphatic rings. The quantitative estimate of drug-likeness (QED) is 0.0524. The van der Waals surface area contributed by atoms with Gasteiger partial charge in [0.2, 0.25) is 0 Å². The largest absolute Gasteiger partial charge is 0.390 e. The number of allylic oxidation sites excluding steroid dienone is 20. The first-order valence-corrected chi connectivity index (χ1v) is 30.1. The van der Waals surface area contributed by atoms with Crippen LogP contribution in [0.25, 0.3) is 0 Å². The van der Waals surface area contributed by atoms with E-state index in [-0.39, 0.29) is 46.3 Å². The molecule has 464 valence electrons. The van der Waals surface area contributed by atoms with E-state index in [1.54, 1.807) is 83.1 Å². The first-order valence-electron chi connectivity index (χ1n) is 30.1. The zero-order valence-electron chi connectivity index (χ0n) is 55.0. The van der Waals surface area contributed by atoms with Crippen molar-refractivity contribution in [3.05, 3.63) is 138 Å². The van der Waals surface area contributed by atoms with Gasteiger partial charge in [-0.3, -0.25) is 38.4 Å². The molecule has 12 heteroatoms. The van der Waals surface area contributed by atoms with Gasteiger partial charge in [-0.15, -0.1) is 0 Å². The summed E-state index contributed by atoms with van der Waals surface area (Å²) in [6.45, 7) is 37.1. The lowest BCUT2D eigenvalue weighted by Gasteiger charge is -2.25. The van der Waals surface area contributed by atoms with Crippen molar-refractivity contribution in [2.24, 2.45) is 0 Å². The minimum atomic E-state index is -0.864. The molecule has 4 atom stereocenters. The highest BCUT2D eigenvalue weighted by molar-refractivity contribution is 6.25. The number of aliphatic hydroxyl groups is 4. The van der Waals surface area contributed by atoms with Gasteiger partial charge in [0.1, 0.15) is 0 Å². The van der Waals surface area contributed by atoms with E-state index in [2.05, 4.69) is 27.7 Å². The second kappa shape index (κ2) is 34.3. The Bertz CT molecular complexity index is 2910. The Morgan fingerprint density at radius 3 is 1.07 bits per heavy atom. The molecule has 0 spiro atoms. The summed E-state index contributed by atoms with van der Waals surface area (Å²) < 4.78 is 0. The lowest BCUT2D eigenvalue weighted by Crippen LogP contribution is -2.26. The van der Waals surface area contributed by atoms with Gasteiger partial charge in [-0.05, 0) is 238 Å². The summed E-state index contributed by atoms with van der Waals surface area (Å²) in [5.41, 5.74) is 7.83. The van der Waals surface area contributed by atoms with Gasteiger partial charge >= 0.3 is 0 Å². The van der Waals surface area contributed by atoms with Gasteiger partial charge in [-0.25, -0.2) is 0 Å². The van der Waals surface area contributed by atoms with Gasteiger partial charge < -0.3 is 20.4 Å². The Labute approximate surface area is 504 Å². The first-order chi connectivity index (χ1) is 38.7. The molecule has 0 radical (unpaired) electrons. The summed E-state index contributed by atoms with van der Waals surface area (Å²) in [5.74, 6) is -0.642. The van der Waals surface area contributed by atoms with Crippen molar-refractivity contribution in [1.29, 1.82) is 0 Å². The average Bonchev–Trinajstić information content (AvgIpc) is 3.47. The molecule has 4 aliphatic carbocycles. The highest BCUT2D eigenvalue weighted by atomic mass is 16.3. The molecule has 0 heterocycles. The molecule has 4 unspecified atom stereocenters. The average molecular weight is 1160 g/mol. The molecule has 4 rings (SSSR count). The van der Waals surface area contributed by atoms with Crippen molar-refractivity contribution < 1.29 is 58.8 Å². The number of hydrogen-bond donors (Lipinski definition) is 4. The maximum absolute atomic E-state index is 12.4. The van der Waals surface area contributed by atoms with Crippen LogP contribution in [0, 0.1) is 0 Å². The van der Waals surface area contributed by atoms with E-state index in [0.29, 0.717) is 144 Å². The highest BCUT2D eigenvalue weighted by Gasteiger charge is 2.31. The second-order valence-electron chi connectivity index (χ2n) is 24.9. The summed E-state index contributed by atoms with van der Waals surface area (Å²) in [4.78, 5) is 95.7. The van der Waals surface area contributed by atoms with Gasteiger partial charge in [-0.2, -0.15) is 0 Å². The molecular formula is C72H104O12. The van der Waals surface area contributed by atoms with Crippen LogP contribution in [0.1, 0.15) is 241 Å². The number of carbonyl (C=O) groups is 8. The number of ketones is 8. The molecule has 0 fully saturated rings. The lowest BCUT2D eigenvalue weighted by atomic mass is 9.82. The van der Waals surface area contributed by atoms with Crippen molar-refractivity contribution in [2.45, 2.75) is 264 Å². The van der Waals surface area contributed by atoms with Gasteiger partial charge in [0.25, 0.3) is 0 Å². The van der Waals surface area contributed by atoms with E-state index in [0.717, 1.165) is 25.7 Å². The van der Waals surface area contributed by atoms with Crippen LogP contribution in [0.4, 0.5) is 0 Å². The Balaban J connectivity index is 0.000000560. The molecule has 0 saturated carbocycles. The van der Waals surface area contributed by atoms with Crippen LogP contribution in [-0.2, 0) is 38.4 Å². The number of hydrogen-bond acceptors (Lipinski definition) is 12. The lowest BCUT2D eigenvalue weighted by molar-refractivity contribution is -0.116. The van der Waals surface area contributed by atoms with Crippen molar-refractivity contribution in [3.63, 3.8) is 0 Å². The van der Waals surface area contributed by atoms with Crippen LogP contribution in [0.15, 0.2) is 138 Å². The molecule has 0 saturated heterocycles. The fraction of sp³-hybridized carbons (Fsp3) is 0.556. The predicted molar refractivity (Wildman–Crippen MR) is 340 cm³/mol. The van der Waals surface area contributed by atoms with Crippen molar-refractivity contribution in [2.75, 3.05) is 0 Å². The van der Waals surface area contributed by atoms with Crippen molar-refractivity contribution in [1.82, 2.24) is 0 Å². The van der Waals surface area contributed by atoms with E-state index in [1.807, 2.05) is 52.0 Å². The number of rotatable bonds is 24. The Kier molecular flexibility index (Phi) is 31.1. The topological polar surface area (TPSA) is 217 Å². The molecule has 0 aromatic rings. The second-order valence-corrected chi connectivity index (χ2v) is 24.9. The van der Waals surface area contributed by atoms with E-state index in [9.17, 15) is 58.8 Å². The van der Waals surface area contributed by atoms with Gasteiger partial charge in [0.15, 0.2) is 46.3 Å². The summed E-state index contributed by atoms with van der Waals surface area (Å²) in [6.07, 6.45) is 23.5. The van der Waals surface area contributed by atoms with Crippen molar-refractivity contribution >= 4 is 46.3 Å². The summed E-state index contributed by atoms with van der Waals surface area (Å²) >= 11 is 0. The maximum Gasteiger partial charge on any atom is 0.185 e. The molecule has 0 bridgehead atoms. The third-order valence-electron chi connectivity index (χ3n) is 16.8. The fourth-order valence-electron chi connectivity index (χ4n) is 9.00. The summed E-state index contributed by atoms with van der Waals surface area (Å²) in [7, 11) is 0. The van der Waals surface area contributed by atoms with Crippen LogP contribution in [0.3, 0.4) is 0 Å². The third kappa shape index (κ3) is 25.3.